The summed E-state index contributed by atoms with van der Waals surface area (Å²) in [5.74, 6) is 0.658. The molecule has 2 aromatic heterocycles. The molecule has 7 heteroatoms. The van der Waals surface area contributed by atoms with Crippen LogP contribution < -0.4 is 11.3 Å². The monoisotopic (exact) mass is 280 g/mol. The highest BCUT2D eigenvalue weighted by Crippen LogP contribution is 2.20. The lowest BCUT2D eigenvalue weighted by Crippen LogP contribution is -2.24. The average Bonchev–Trinajstić information content (AvgIpc) is 2.34. The van der Waals surface area contributed by atoms with E-state index in [-0.39, 0.29) is 17.3 Å². The maximum Gasteiger partial charge on any atom is 0.273 e. The molecule has 0 unspecified atom stereocenters. The summed E-state index contributed by atoms with van der Waals surface area (Å²) in [6, 6.07) is 1.43. The van der Waals surface area contributed by atoms with Crippen LogP contribution in [-0.4, -0.2) is 19.6 Å². The highest BCUT2D eigenvalue weighted by Gasteiger charge is 2.12. The van der Waals surface area contributed by atoms with Gasteiger partial charge in [0.25, 0.3) is 5.56 Å². The van der Waals surface area contributed by atoms with E-state index in [0.717, 1.165) is 0 Å². The van der Waals surface area contributed by atoms with E-state index in [2.05, 4.69) is 9.97 Å². The maximum atomic E-state index is 12.0. The van der Waals surface area contributed by atoms with Crippen LogP contribution in [0.15, 0.2) is 17.1 Å². The van der Waals surface area contributed by atoms with Crippen molar-refractivity contribution >= 4 is 17.4 Å². The third-order valence-corrected chi connectivity index (χ3v) is 3.13. The summed E-state index contributed by atoms with van der Waals surface area (Å²) in [6.45, 7) is 3.63. The maximum absolute atomic E-state index is 12.0. The van der Waals surface area contributed by atoms with Crippen LogP contribution in [0.5, 0.6) is 5.75 Å². The van der Waals surface area contributed by atoms with Crippen LogP contribution in [0.3, 0.4) is 0 Å². The molecule has 0 fully saturated rings. The number of hydrogen-bond donors (Lipinski definition) is 2. The Morgan fingerprint density at radius 1 is 1.47 bits per heavy atom. The second-order valence-corrected chi connectivity index (χ2v) is 4.58. The number of nitrogens with two attached hydrogens (primary N) is 1. The van der Waals surface area contributed by atoms with E-state index in [1.807, 2.05) is 0 Å². The van der Waals surface area contributed by atoms with Crippen molar-refractivity contribution in [1.29, 1.82) is 0 Å². The van der Waals surface area contributed by atoms with E-state index < -0.39 is 5.56 Å². The second-order valence-electron chi connectivity index (χ2n) is 4.20. The molecule has 19 heavy (non-hydrogen) atoms. The van der Waals surface area contributed by atoms with Crippen LogP contribution in [-0.2, 0) is 6.54 Å². The molecule has 2 aromatic rings. The lowest BCUT2D eigenvalue weighted by atomic mass is 10.2. The van der Waals surface area contributed by atoms with Crippen LogP contribution in [0.25, 0.3) is 0 Å². The van der Waals surface area contributed by atoms with Gasteiger partial charge in [-0.3, -0.25) is 4.79 Å². The molecule has 2 heterocycles. The number of rotatable bonds is 2. The van der Waals surface area contributed by atoms with Gasteiger partial charge in [0.2, 0.25) is 0 Å². The third kappa shape index (κ3) is 2.53. The Labute approximate surface area is 114 Å². The number of nitrogen functional groups attached to an aromatic ring is 1. The van der Waals surface area contributed by atoms with E-state index in [4.69, 9.17) is 17.3 Å². The van der Waals surface area contributed by atoms with Gasteiger partial charge in [0.15, 0.2) is 0 Å². The summed E-state index contributed by atoms with van der Waals surface area (Å²) in [6.07, 6.45) is 1.57. The molecule has 0 aromatic carbocycles. The van der Waals surface area contributed by atoms with E-state index >= 15 is 0 Å². The van der Waals surface area contributed by atoms with Gasteiger partial charge in [-0.2, -0.15) is 0 Å². The summed E-state index contributed by atoms with van der Waals surface area (Å²) < 4.78 is 1.41. The van der Waals surface area contributed by atoms with E-state index in [9.17, 15) is 9.90 Å². The highest BCUT2D eigenvalue weighted by atomic mass is 35.5. The lowest BCUT2D eigenvalue weighted by Gasteiger charge is -2.12. The van der Waals surface area contributed by atoms with Gasteiger partial charge in [-0.05, 0) is 13.8 Å². The molecule has 0 saturated heterocycles. The standard InChI is InChI=1S/C12H13ClN4O2/c1-6-3-9(18)10(13)12(19)17(6)5-8-4-15-7(2)16-11(8)14/h3-4,18H,5H2,1-2H3,(H2,14,15,16). The minimum atomic E-state index is -0.473. The van der Waals surface area contributed by atoms with Crippen molar-refractivity contribution in [2.45, 2.75) is 20.4 Å². The predicted octanol–water partition coefficient (Wildman–Crippen LogP) is 1.24. The summed E-state index contributed by atoms with van der Waals surface area (Å²) >= 11 is 5.74. The molecule has 0 amide bonds. The summed E-state index contributed by atoms with van der Waals surface area (Å²) in [5, 5.41) is 9.26. The smallest absolute Gasteiger partial charge is 0.273 e. The van der Waals surface area contributed by atoms with Gasteiger partial charge in [0.1, 0.15) is 22.4 Å². The van der Waals surface area contributed by atoms with Crippen molar-refractivity contribution in [3.05, 3.63) is 44.7 Å². The van der Waals surface area contributed by atoms with Crippen LogP contribution in [0.4, 0.5) is 5.82 Å². The largest absolute Gasteiger partial charge is 0.506 e. The molecule has 0 bridgehead atoms. The Morgan fingerprint density at radius 3 is 2.79 bits per heavy atom. The Bertz CT molecular complexity index is 697. The molecular formula is C12H13ClN4O2. The molecule has 0 aliphatic carbocycles. The zero-order valence-electron chi connectivity index (χ0n) is 10.5. The van der Waals surface area contributed by atoms with Gasteiger partial charge >= 0.3 is 0 Å². The molecule has 100 valence electrons. The number of aryl methyl sites for hydroxylation is 2. The highest BCUT2D eigenvalue weighted by molar-refractivity contribution is 6.31. The lowest BCUT2D eigenvalue weighted by molar-refractivity contribution is 0.470. The quantitative estimate of drug-likeness (QED) is 0.863. The molecule has 0 aliphatic heterocycles. The van der Waals surface area contributed by atoms with Crippen LogP contribution in [0.1, 0.15) is 17.1 Å². The van der Waals surface area contributed by atoms with Crippen LogP contribution in [0.2, 0.25) is 5.02 Å². The number of nitrogens with zero attached hydrogens (tertiary/aromatic N) is 3. The molecule has 0 radical (unpaired) electrons. The SMILES string of the molecule is Cc1ncc(Cn2c(C)cc(O)c(Cl)c2=O)c(N)n1. The fourth-order valence-corrected chi connectivity index (χ4v) is 1.89. The van der Waals surface area contributed by atoms with E-state index in [1.165, 1.54) is 10.6 Å². The zero-order valence-corrected chi connectivity index (χ0v) is 11.3. The van der Waals surface area contributed by atoms with Gasteiger partial charge in [0.05, 0.1) is 6.54 Å². The van der Waals surface area contributed by atoms with Crippen molar-refractivity contribution in [1.82, 2.24) is 14.5 Å². The summed E-state index contributed by atoms with van der Waals surface area (Å²) in [5.41, 5.74) is 6.51. The Balaban J connectivity index is 2.50. The summed E-state index contributed by atoms with van der Waals surface area (Å²) in [7, 11) is 0. The topological polar surface area (TPSA) is 94.0 Å². The molecule has 0 saturated carbocycles. The molecule has 6 nitrogen and oxygen atoms in total. The first-order chi connectivity index (χ1) is 8.90. The third-order valence-electron chi connectivity index (χ3n) is 2.78. The first-order valence-corrected chi connectivity index (χ1v) is 5.95. The Hall–Kier alpha value is -2.08. The number of aromatic nitrogens is 3. The van der Waals surface area contributed by atoms with Gasteiger partial charge in [-0.1, -0.05) is 11.6 Å². The van der Waals surface area contributed by atoms with Gasteiger partial charge < -0.3 is 15.4 Å². The van der Waals surface area contributed by atoms with Crippen molar-refractivity contribution in [3.63, 3.8) is 0 Å². The zero-order chi connectivity index (χ0) is 14.2. The van der Waals surface area contributed by atoms with Crippen molar-refractivity contribution in [3.8, 4) is 5.75 Å². The summed E-state index contributed by atoms with van der Waals surface area (Å²) in [4.78, 5) is 20.1. The van der Waals surface area contributed by atoms with E-state index in [0.29, 0.717) is 22.9 Å². The molecule has 0 atom stereocenters. The van der Waals surface area contributed by atoms with Crippen LogP contribution in [0, 0.1) is 13.8 Å². The van der Waals surface area contributed by atoms with Crippen LogP contribution >= 0.6 is 11.6 Å². The predicted molar refractivity (Wildman–Crippen MR) is 72.4 cm³/mol. The van der Waals surface area contributed by atoms with Crippen molar-refractivity contribution < 1.29 is 5.11 Å². The van der Waals surface area contributed by atoms with Gasteiger partial charge in [-0.15, -0.1) is 0 Å². The molecule has 0 aliphatic rings. The van der Waals surface area contributed by atoms with Crippen molar-refractivity contribution in [2.24, 2.45) is 0 Å². The first kappa shape index (κ1) is 13.4. The number of halogens is 1. The second kappa shape index (κ2) is 4.89. The number of pyridine rings is 1. The minimum absolute atomic E-state index is 0.205. The normalized spacial score (nSPS) is 10.7. The van der Waals surface area contributed by atoms with Crippen molar-refractivity contribution in [2.75, 3.05) is 5.73 Å². The molecule has 3 N–H and O–H groups in total. The van der Waals surface area contributed by atoms with Gasteiger partial charge in [-0.25, -0.2) is 9.97 Å². The number of aromatic hydroxyl groups is 1. The number of anilines is 1. The van der Waals surface area contributed by atoms with Gasteiger partial charge in [0, 0.05) is 23.5 Å². The molecule has 0 spiro atoms. The Kier molecular flexibility index (Phi) is 3.44. The molecule has 2 rings (SSSR count). The first-order valence-electron chi connectivity index (χ1n) is 5.57. The fraction of sp³-hybridized carbons (Fsp3) is 0.250. The number of hydrogen-bond acceptors (Lipinski definition) is 5. The molecular weight excluding hydrogens is 268 g/mol. The average molecular weight is 281 g/mol. The van der Waals surface area contributed by atoms with E-state index in [1.54, 1.807) is 20.0 Å². The fourth-order valence-electron chi connectivity index (χ4n) is 1.73. The Morgan fingerprint density at radius 2 is 2.16 bits per heavy atom. The minimum Gasteiger partial charge on any atom is -0.506 e.